The number of hydrogen-bond donors (Lipinski definition) is 1. The van der Waals surface area contributed by atoms with Gasteiger partial charge in [-0.15, -0.1) is 11.3 Å². The van der Waals surface area contributed by atoms with Crippen LogP contribution in [0.4, 0.5) is 5.13 Å². The van der Waals surface area contributed by atoms with E-state index in [0.717, 1.165) is 39.7 Å². The zero-order valence-electron chi connectivity index (χ0n) is 16.6. The lowest BCUT2D eigenvalue weighted by atomic mass is 10.1. The number of ether oxygens (including phenoxy) is 1. The molecule has 1 amide bonds. The first kappa shape index (κ1) is 19.8. The molecule has 0 unspecified atom stereocenters. The van der Waals surface area contributed by atoms with Crippen molar-refractivity contribution in [3.63, 3.8) is 0 Å². The predicted octanol–water partition coefficient (Wildman–Crippen LogP) is 4.57. The number of anilines is 1. The SMILES string of the molecule is Cc1noc(C)c1COc1ccc(CC(=O)Nc2nc(-c3ccccn3)cs2)cc1. The molecule has 30 heavy (non-hydrogen) atoms. The Kier molecular flexibility index (Phi) is 5.85. The molecule has 0 aliphatic heterocycles. The lowest BCUT2D eigenvalue weighted by molar-refractivity contribution is -0.115. The number of carbonyl (C=O) groups is 1. The van der Waals surface area contributed by atoms with Crippen LogP contribution in [-0.2, 0) is 17.8 Å². The molecule has 0 aliphatic rings. The Labute approximate surface area is 177 Å². The van der Waals surface area contributed by atoms with Crippen LogP contribution in [0.15, 0.2) is 58.6 Å². The summed E-state index contributed by atoms with van der Waals surface area (Å²) in [5.74, 6) is 1.36. The maximum absolute atomic E-state index is 12.4. The van der Waals surface area contributed by atoms with Gasteiger partial charge in [-0.3, -0.25) is 9.78 Å². The summed E-state index contributed by atoms with van der Waals surface area (Å²) in [6, 6.07) is 13.1. The Balaban J connectivity index is 1.31. The molecule has 0 spiro atoms. The van der Waals surface area contributed by atoms with Crippen molar-refractivity contribution in [3.05, 3.63) is 76.6 Å². The maximum Gasteiger partial charge on any atom is 0.230 e. The molecule has 8 heteroatoms. The van der Waals surface area contributed by atoms with Gasteiger partial charge >= 0.3 is 0 Å². The fraction of sp³-hybridized carbons (Fsp3) is 0.182. The van der Waals surface area contributed by atoms with Crippen LogP contribution >= 0.6 is 11.3 Å². The van der Waals surface area contributed by atoms with Crippen molar-refractivity contribution in [3.8, 4) is 17.1 Å². The van der Waals surface area contributed by atoms with Crippen molar-refractivity contribution in [2.24, 2.45) is 0 Å². The van der Waals surface area contributed by atoms with E-state index in [1.807, 2.05) is 61.7 Å². The first-order chi connectivity index (χ1) is 14.6. The van der Waals surface area contributed by atoms with E-state index in [9.17, 15) is 4.79 Å². The highest BCUT2D eigenvalue weighted by atomic mass is 32.1. The van der Waals surface area contributed by atoms with E-state index in [2.05, 4.69) is 20.4 Å². The van der Waals surface area contributed by atoms with E-state index >= 15 is 0 Å². The Morgan fingerprint density at radius 1 is 1.13 bits per heavy atom. The van der Waals surface area contributed by atoms with Crippen molar-refractivity contribution >= 4 is 22.4 Å². The molecule has 3 heterocycles. The zero-order chi connectivity index (χ0) is 20.9. The van der Waals surface area contributed by atoms with Gasteiger partial charge in [0.25, 0.3) is 0 Å². The molecule has 0 saturated carbocycles. The van der Waals surface area contributed by atoms with Gasteiger partial charge in [-0.25, -0.2) is 4.98 Å². The van der Waals surface area contributed by atoms with Crippen molar-refractivity contribution in [2.75, 3.05) is 5.32 Å². The molecule has 152 valence electrons. The van der Waals surface area contributed by atoms with Gasteiger partial charge in [-0.05, 0) is 43.7 Å². The molecule has 7 nitrogen and oxygen atoms in total. The molecule has 0 aliphatic carbocycles. The van der Waals surface area contributed by atoms with Crippen LogP contribution in [0.1, 0.15) is 22.6 Å². The predicted molar refractivity (Wildman–Crippen MR) is 114 cm³/mol. The van der Waals surface area contributed by atoms with E-state index < -0.39 is 0 Å². The lowest BCUT2D eigenvalue weighted by Crippen LogP contribution is -2.14. The highest BCUT2D eigenvalue weighted by Crippen LogP contribution is 2.23. The van der Waals surface area contributed by atoms with E-state index in [4.69, 9.17) is 9.26 Å². The third kappa shape index (κ3) is 4.72. The van der Waals surface area contributed by atoms with Crippen LogP contribution in [-0.4, -0.2) is 21.0 Å². The van der Waals surface area contributed by atoms with Crippen LogP contribution in [0.3, 0.4) is 0 Å². The number of hydrogen-bond acceptors (Lipinski definition) is 7. The van der Waals surface area contributed by atoms with Crippen molar-refractivity contribution in [1.82, 2.24) is 15.1 Å². The van der Waals surface area contributed by atoms with E-state index in [1.165, 1.54) is 11.3 Å². The van der Waals surface area contributed by atoms with Gasteiger partial charge in [0.2, 0.25) is 5.91 Å². The molecular weight excluding hydrogens is 400 g/mol. The highest BCUT2D eigenvalue weighted by molar-refractivity contribution is 7.14. The van der Waals surface area contributed by atoms with Gasteiger partial charge in [-0.2, -0.15) is 0 Å². The second-order valence-corrected chi connectivity index (χ2v) is 7.57. The minimum absolute atomic E-state index is 0.124. The Bertz CT molecular complexity index is 1120. The van der Waals surface area contributed by atoms with Crippen LogP contribution in [0.5, 0.6) is 5.75 Å². The van der Waals surface area contributed by atoms with E-state index in [-0.39, 0.29) is 12.3 Å². The normalized spacial score (nSPS) is 10.7. The Morgan fingerprint density at radius 2 is 1.97 bits per heavy atom. The van der Waals surface area contributed by atoms with Crippen LogP contribution < -0.4 is 10.1 Å². The van der Waals surface area contributed by atoms with Crippen molar-refractivity contribution < 1.29 is 14.1 Å². The average molecular weight is 420 g/mol. The molecule has 0 fully saturated rings. The van der Waals surface area contributed by atoms with Gasteiger partial charge in [0.1, 0.15) is 23.8 Å². The van der Waals surface area contributed by atoms with Gasteiger partial charge in [-0.1, -0.05) is 23.4 Å². The number of aromatic nitrogens is 3. The molecule has 3 aromatic heterocycles. The minimum atomic E-state index is -0.124. The Hall–Kier alpha value is -3.52. The number of nitrogens with one attached hydrogen (secondary N) is 1. The number of pyridine rings is 1. The molecule has 0 bridgehead atoms. The minimum Gasteiger partial charge on any atom is -0.489 e. The topological polar surface area (TPSA) is 90.1 Å². The summed E-state index contributed by atoms with van der Waals surface area (Å²) in [4.78, 5) is 21.1. The summed E-state index contributed by atoms with van der Waals surface area (Å²) in [5.41, 5.74) is 4.19. The fourth-order valence-corrected chi connectivity index (χ4v) is 3.60. The largest absolute Gasteiger partial charge is 0.489 e. The molecule has 1 aromatic carbocycles. The summed E-state index contributed by atoms with van der Waals surface area (Å²) >= 11 is 1.38. The summed E-state index contributed by atoms with van der Waals surface area (Å²) < 4.78 is 10.9. The number of benzene rings is 1. The van der Waals surface area contributed by atoms with Crippen molar-refractivity contribution in [1.29, 1.82) is 0 Å². The molecule has 0 radical (unpaired) electrons. The number of amides is 1. The quantitative estimate of drug-likeness (QED) is 0.471. The van der Waals surface area contributed by atoms with E-state index in [1.54, 1.807) is 6.20 Å². The molecule has 1 N–H and O–H groups in total. The molecule has 0 atom stereocenters. The monoisotopic (exact) mass is 420 g/mol. The third-order valence-corrected chi connectivity index (χ3v) is 5.29. The molecule has 0 saturated heterocycles. The Morgan fingerprint density at radius 3 is 2.67 bits per heavy atom. The lowest BCUT2D eigenvalue weighted by Gasteiger charge is -2.07. The second-order valence-electron chi connectivity index (χ2n) is 6.71. The third-order valence-electron chi connectivity index (χ3n) is 4.53. The molecule has 4 aromatic rings. The summed E-state index contributed by atoms with van der Waals surface area (Å²) in [5, 5.41) is 9.20. The number of nitrogens with zero attached hydrogens (tertiary/aromatic N) is 3. The van der Waals surface area contributed by atoms with Gasteiger partial charge in [0.15, 0.2) is 5.13 Å². The number of aryl methyl sites for hydroxylation is 2. The fourth-order valence-electron chi connectivity index (χ4n) is 2.88. The van der Waals surface area contributed by atoms with Gasteiger partial charge < -0.3 is 14.6 Å². The van der Waals surface area contributed by atoms with Gasteiger partial charge in [0.05, 0.1) is 23.4 Å². The summed E-state index contributed by atoms with van der Waals surface area (Å²) in [7, 11) is 0. The highest BCUT2D eigenvalue weighted by Gasteiger charge is 2.11. The standard InChI is InChI=1S/C22H20N4O3S/c1-14-18(15(2)29-26-14)12-28-17-8-6-16(7-9-17)11-21(27)25-22-24-20(13-30-22)19-5-3-4-10-23-19/h3-10,13H,11-12H2,1-2H3,(H,24,25,27). The second kappa shape index (κ2) is 8.87. The zero-order valence-corrected chi connectivity index (χ0v) is 17.4. The smallest absolute Gasteiger partial charge is 0.230 e. The van der Waals surface area contributed by atoms with E-state index in [0.29, 0.717) is 11.7 Å². The number of thiazole rings is 1. The summed E-state index contributed by atoms with van der Waals surface area (Å²) in [6.45, 7) is 4.14. The van der Waals surface area contributed by atoms with Crippen LogP contribution in [0, 0.1) is 13.8 Å². The number of rotatable bonds is 7. The van der Waals surface area contributed by atoms with Gasteiger partial charge in [0, 0.05) is 11.6 Å². The van der Waals surface area contributed by atoms with Crippen molar-refractivity contribution in [2.45, 2.75) is 26.9 Å². The molecular formula is C22H20N4O3S. The maximum atomic E-state index is 12.4. The first-order valence-electron chi connectivity index (χ1n) is 9.39. The number of carbonyl (C=O) groups excluding carboxylic acids is 1. The van der Waals surface area contributed by atoms with Crippen LogP contribution in [0.25, 0.3) is 11.4 Å². The molecule has 4 rings (SSSR count). The first-order valence-corrected chi connectivity index (χ1v) is 10.3. The summed E-state index contributed by atoms with van der Waals surface area (Å²) in [6.07, 6.45) is 1.97. The average Bonchev–Trinajstić information content (AvgIpc) is 3.35. The van der Waals surface area contributed by atoms with Crippen LogP contribution in [0.2, 0.25) is 0 Å².